The number of nitrogens with two attached hydrogens (primary N) is 1. The molecule has 0 aromatic heterocycles. The predicted octanol–water partition coefficient (Wildman–Crippen LogP) is 0.576. The summed E-state index contributed by atoms with van der Waals surface area (Å²) in [5.74, 6) is -1.64. The molecule has 7 heteroatoms. The van der Waals surface area contributed by atoms with Crippen molar-refractivity contribution in [1.82, 2.24) is 10.2 Å². The van der Waals surface area contributed by atoms with Crippen molar-refractivity contribution in [1.29, 1.82) is 0 Å². The van der Waals surface area contributed by atoms with Crippen molar-refractivity contribution < 1.29 is 19.5 Å². The Kier molecular flexibility index (Phi) is 7.00. The fraction of sp³-hybridized carbons (Fsp3) is 0.812. The third-order valence-electron chi connectivity index (χ3n) is 4.11. The molecule has 1 aliphatic rings. The molecule has 0 radical (unpaired) electrons. The van der Waals surface area contributed by atoms with Crippen molar-refractivity contribution in [3.05, 3.63) is 0 Å². The lowest BCUT2D eigenvalue weighted by Gasteiger charge is -2.28. The Labute approximate surface area is 137 Å². The van der Waals surface area contributed by atoms with Gasteiger partial charge < -0.3 is 21.1 Å². The lowest BCUT2D eigenvalue weighted by molar-refractivity contribution is -0.145. The molecule has 3 atom stereocenters. The minimum absolute atomic E-state index is 0.229. The van der Waals surface area contributed by atoms with Crippen LogP contribution in [-0.2, 0) is 14.4 Å². The molecule has 0 unspecified atom stereocenters. The van der Waals surface area contributed by atoms with Crippen LogP contribution in [0.4, 0.5) is 0 Å². The van der Waals surface area contributed by atoms with Crippen molar-refractivity contribution in [2.75, 3.05) is 6.54 Å². The van der Waals surface area contributed by atoms with Gasteiger partial charge in [0.05, 0.1) is 6.04 Å². The van der Waals surface area contributed by atoms with Crippen LogP contribution in [0, 0.1) is 11.8 Å². The van der Waals surface area contributed by atoms with E-state index in [4.69, 9.17) is 5.73 Å². The fourth-order valence-electron chi connectivity index (χ4n) is 2.89. The minimum atomic E-state index is -1.07. The number of carbonyl (C=O) groups is 3. The molecule has 1 rings (SSSR count). The van der Waals surface area contributed by atoms with Crippen LogP contribution >= 0.6 is 0 Å². The van der Waals surface area contributed by atoms with E-state index in [0.29, 0.717) is 25.3 Å². The van der Waals surface area contributed by atoms with Crippen molar-refractivity contribution in [3.63, 3.8) is 0 Å². The number of carboxylic acids is 1. The molecular formula is C16H29N3O4. The SMILES string of the molecule is CC(C)C[C@H](N)C(=O)N1CCC[C@H]1C(=O)N[C@H](C(=O)O)C(C)C. The van der Waals surface area contributed by atoms with E-state index in [9.17, 15) is 19.5 Å². The van der Waals surface area contributed by atoms with Gasteiger partial charge in [-0.15, -0.1) is 0 Å². The molecule has 7 nitrogen and oxygen atoms in total. The molecule has 1 heterocycles. The zero-order valence-corrected chi connectivity index (χ0v) is 14.4. The molecule has 1 aliphatic heterocycles. The van der Waals surface area contributed by atoms with Crippen LogP contribution in [0.3, 0.4) is 0 Å². The Bertz CT molecular complexity index is 451. The molecule has 2 amide bonds. The number of amides is 2. The summed E-state index contributed by atoms with van der Waals surface area (Å²) >= 11 is 0. The summed E-state index contributed by atoms with van der Waals surface area (Å²) in [6, 6.07) is -2.20. The van der Waals surface area contributed by atoms with Gasteiger partial charge in [-0.25, -0.2) is 4.79 Å². The molecule has 0 aromatic rings. The van der Waals surface area contributed by atoms with Crippen molar-refractivity contribution in [2.45, 2.75) is 65.1 Å². The molecule has 1 fully saturated rings. The number of carbonyl (C=O) groups excluding carboxylic acids is 2. The van der Waals surface area contributed by atoms with Gasteiger partial charge in [0.25, 0.3) is 0 Å². The van der Waals surface area contributed by atoms with E-state index in [1.165, 1.54) is 4.90 Å². The first-order valence-electron chi connectivity index (χ1n) is 8.24. The molecule has 23 heavy (non-hydrogen) atoms. The number of carboxylic acid groups (broad SMARTS) is 1. The summed E-state index contributed by atoms with van der Waals surface area (Å²) in [6.45, 7) is 7.93. The van der Waals surface area contributed by atoms with Crippen molar-refractivity contribution in [2.24, 2.45) is 17.6 Å². The fourth-order valence-corrected chi connectivity index (χ4v) is 2.89. The third kappa shape index (κ3) is 5.20. The number of rotatable bonds is 7. The standard InChI is InChI=1S/C16H29N3O4/c1-9(2)8-11(17)15(21)19-7-5-6-12(19)14(20)18-13(10(3)4)16(22)23/h9-13H,5-8,17H2,1-4H3,(H,18,20)(H,22,23)/t11-,12-,13-/m0/s1. The number of aliphatic carboxylic acids is 1. The number of likely N-dealkylation sites (tertiary alicyclic amines) is 1. The maximum atomic E-state index is 12.5. The van der Waals surface area contributed by atoms with E-state index in [1.54, 1.807) is 13.8 Å². The van der Waals surface area contributed by atoms with Crippen molar-refractivity contribution >= 4 is 17.8 Å². The minimum Gasteiger partial charge on any atom is -0.480 e. The van der Waals surface area contributed by atoms with Gasteiger partial charge in [-0.05, 0) is 31.1 Å². The molecule has 0 bridgehead atoms. The van der Waals surface area contributed by atoms with E-state index < -0.39 is 30.0 Å². The molecule has 0 aliphatic carbocycles. The van der Waals surface area contributed by atoms with Crippen LogP contribution in [0.25, 0.3) is 0 Å². The van der Waals surface area contributed by atoms with Gasteiger partial charge in [-0.1, -0.05) is 27.7 Å². The van der Waals surface area contributed by atoms with Gasteiger partial charge in [-0.2, -0.15) is 0 Å². The van der Waals surface area contributed by atoms with Crippen molar-refractivity contribution in [3.8, 4) is 0 Å². The summed E-state index contributed by atoms with van der Waals surface area (Å²) in [6.07, 6.45) is 1.82. The maximum absolute atomic E-state index is 12.5. The Morgan fingerprint density at radius 3 is 2.35 bits per heavy atom. The second-order valence-electron chi connectivity index (χ2n) is 6.99. The Hall–Kier alpha value is -1.63. The average molecular weight is 327 g/mol. The quantitative estimate of drug-likeness (QED) is 0.633. The number of nitrogens with zero attached hydrogens (tertiary/aromatic N) is 1. The summed E-state index contributed by atoms with van der Waals surface area (Å²) in [7, 11) is 0. The third-order valence-corrected chi connectivity index (χ3v) is 4.11. The monoisotopic (exact) mass is 327 g/mol. The molecule has 1 saturated heterocycles. The lowest BCUT2D eigenvalue weighted by atomic mass is 10.0. The van der Waals surface area contributed by atoms with Gasteiger partial charge in [0.15, 0.2) is 0 Å². The first-order chi connectivity index (χ1) is 10.6. The van der Waals surface area contributed by atoms with Crippen LogP contribution in [0.2, 0.25) is 0 Å². The highest BCUT2D eigenvalue weighted by molar-refractivity contribution is 5.92. The lowest BCUT2D eigenvalue weighted by Crippen LogP contribution is -2.55. The number of hydrogen-bond acceptors (Lipinski definition) is 4. The molecule has 0 saturated carbocycles. The first kappa shape index (κ1) is 19.4. The van der Waals surface area contributed by atoms with Gasteiger partial charge in [0, 0.05) is 6.54 Å². The smallest absolute Gasteiger partial charge is 0.326 e. The summed E-state index contributed by atoms with van der Waals surface area (Å²) in [5, 5.41) is 11.7. The molecule has 4 N–H and O–H groups in total. The topological polar surface area (TPSA) is 113 Å². The number of hydrogen-bond donors (Lipinski definition) is 3. The molecule has 0 aromatic carbocycles. The van der Waals surface area contributed by atoms with Crippen LogP contribution < -0.4 is 11.1 Å². The van der Waals surface area contributed by atoms with E-state index in [0.717, 1.165) is 6.42 Å². The van der Waals surface area contributed by atoms with Crippen LogP contribution in [0.1, 0.15) is 47.0 Å². The highest BCUT2D eigenvalue weighted by Gasteiger charge is 2.37. The first-order valence-corrected chi connectivity index (χ1v) is 8.24. The van der Waals surface area contributed by atoms with E-state index in [-0.39, 0.29) is 11.8 Å². The zero-order chi connectivity index (χ0) is 17.7. The molecule has 132 valence electrons. The molecular weight excluding hydrogens is 298 g/mol. The zero-order valence-electron chi connectivity index (χ0n) is 14.4. The average Bonchev–Trinajstić information content (AvgIpc) is 2.91. The Balaban J connectivity index is 2.76. The number of nitrogens with one attached hydrogen (secondary N) is 1. The summed E-state index contributed by atoms with van der Waals surface area (Å²) < 4.78 is 0. The molecule has 0 spiro atoms. The summed E-state index contributed by atoms with van der Waals surface area (Å²) in [4.78, 5) is 37.6. The Morgan fingerprint density at radius 2 is 1.87 bits per heavy atom. The largest absolute Gasteiger partial charge is 0.480 e. The van der Waals surface area contributed by atoms with Crippen LogP contribution in [0.5, 0.6) is 0 Å². The van der Waals surface area contributed by atoms with Gasteiger partial charge >= 0.3 is 5.97 Å². The van der Waals surface area contributed by atoms with Crippen LogP contribution in [0.15, 0.2) is 0 Å². The maximum Gasteiger partial charge on any atom is 0.326 e. The van der Waals surface area contributed by atoms with Gasteiger partial charge in [0.2, 0.25) is 11.8 Å². The summed E-state index contributed by atoms with van der Waals surface area (Å²) in [5.41, 5.74) is 5.94. The van der Waals surface area contributed by atoms with Crippen LogP contribution in [-0.4, -0.2) is 52.5 Å². The van der Waals surface area contributed by atoms with Gasteiger partial charge in [-0.3, -0.25) is 9.59 Å². The van der Waals surface area contributed by atoms with E-state index >= 15 is 0 Å². The highest BCUT2D eigenvalue weighted by atomic mass is 16.4. The normalized spacial score (nSPS) is 20.7. The Morgan fingerprint density at radius 1 is 1.26 bits per heavy atom. The van der Waals surface area contributed by atoms with E-state index in [1.807, 2.05) is 13.8 Å². The highest BCUT2D eigenvalue weighted by Crippen LogP contribution is 2.20. The van der Waals surface area contributed by atoms with Gasteiger partial charge in [0.1, 0.15) is 12.1 Å². The second-order valence-corrected chi connectivity index (χ2v) is 6.99. The predicted molar refractivity (Wildman–Crippen MR) is 86.6 cm³/mol. The second kappa shape index (κ2) is 8.29. The van der Waals surface area contributed by atoms with E-state index in [2.05, 4.69) is 5.32 Å².